The Morgan fingerprint density at radius 3 is 2.80 bits per heavy atom. The Kier molecular flexibility index (Phi) is 8.13. The molecule has 0 spiro atoms. The van der Waals surface area contributed by atoms with Crippen LogP contribution in [-0.4, -0.2) is 51.4 Å². The maximum absolute atomic E-state index is 13.7. The summed E-state index contributed by atoms with van der Waals surface area (Å²) in [6, 6.07) is 12.4. The number of amides is 2. The predicted molar refractivity (Wildman–Crippen MR) is 130 cm³/mol. The molecule has 0 saturated carbocycles. The minimum absolute atomic E-state index is 0.0961. The Labute approximate surface area is 208 Å². The zero-order valence-corrected chi connectivity index (χ0v) is 20.4. The van der Waals surface area contributed by atoms with Gasteiger partial charge >= 0.3 is 0 Å². The van der Waals surface area contributed by atoms with Crippen molar-refractivity contribution in [2.75, 3.05) is 19.6 Å². The first-order chi connectivity index (χ1) is 17.0. The third-order valence-corrected chi connectivity index (χ3v) is 6.33. The van der Waals surface area contributed by atoms with Crippen LogP contribution < -0.4 is 0 Å². The molecule has 1 aromatic heterocycles. The largest absolute Gasteiger partial charge is 0.337 e. The third kappa shape index (κ3) is 6.06. The molecule has 2 aromatic carbocycles. The van der Waals surface area contributed by atoms with Crippen molar-refractivity contribution < 1.29 is 18.5 Å². The van der Waals surface area contributed by atoms with Gasteiger partial charge in [0.1, 0.15) is 18.4 Å². The van der Waals surface area contributed by atoms with Crippen LogP contribution in [0.15, 0.2) is 53.1 Å². The number of hydrogen-bond donors (Lipinski definition) is 0. The first-order valence-electron chi connectivity index (χ1n) is 11.9. The number of rotatable bonds is 8. The fraction of sp³-hybridized carbons (Fsp3) is 0.385. The molecule has 0 radical (unpaired) electrons. The quantitative estimate of drug-likeness (QED) is 0.408. The monoisotopic (exact) mass is 498 g/mol. The SMILES string of the molecule is CCCCN(CC(=O)N1CCCCC1c1nc(-c2cccc(Cl)c2)no1)C(=O)c1cccc(F)c1. The van der Waals surface area contributed by atoms with E-state index in [1.165, 1.54) is 23.1 Å². The van der Waals surface area contributed by atoms with Gasteiger partial charge in [-0.2, -0.15) is 4.98 Å². The summed E-state index contributed by atoms with van der Waals surface area (Å²) in [4.78, 5) is 34.3. The third-order valence-electron chi connectivity index (χ3n) is 6.10. The van der Waals surface area contributed by atoms with Gasteiger partial charge in [-0.25, -0.2) is 4.39 Å². The van der Waals surface area contributed by atoms with Crippen molar-refractivity contribution in [1.29, 1.82) is 0 Å². The standard InChI is InChI=1S/C26H28ClFN4O3/c1-2-3-13-31(26(34)19-9-7-11-21(28)16-19)17-23(33)32-14-5-4-12-22(32)25-29-24(30-35-25)18-8-6-10-20(27)15-18/h6-11,15-16,22H,2-5,12-14,17H2,1H3. The second-order valence-electron chi connectivity index (χ2n) is 8.66. The summed E-state index contributed by atoms with van der Waals surface area (Å²) in [6.07, 6.45) is 4.07. The highest BCUT2D eigenvalue weighted by Crippen LogP contribution is 2.31. The smallest absolute Gasteiger partial charge is 0.254 e. The molecule has 4 rings (SSSR count). The molecule has 2 amide bonds. The van der Waals surface area contributed by atoms with Gasteiger partial charge < -0.3 is 14.3 Å². The number of carbonyl (C=O) groups excluding carboxylic acids is 2. The van der Waals surface area contributed by atoms with Crippen LogP contribution in [0.1, 0.15) is 61.3 Å². The Morgan fingerprint density at radius 2 is 2.03 bits per heavy atom. The molecule has 1 fully saturated rings. The van der Waals surface area contributed by atoms with E-state index in [4.69, 9.17) is 16.1 Å². The average molecular weight is 499 g/mol. The van der Waals surface area contributed by atoms with Crippen LogP contribution in [0.2, 0.25) is 5.02 Å². The van der Waals surface area contributed by atoms with Crippen molar-refractivity contribution in [2.45, 2.75) is 45.1 Å². The average Bonchev–Trinajstić information content (AvgIpc) is 3.36. The number of hydrogen-bond acceptors (Lipinski definition) is 5. The van der Waals surface area contributed by atoms with Crippen molar-refractivity contribution in [3.63, 3.8) is 0 Å². The number of nitrogens with zero attached hydrogens (tertiary/aromatic N) is 4. The number of carbonyl (C=O) groups is 2. The summed E-state index contributed by atoms with van der Waals surface area (Å²) in [5.41, 5.74) is 0.958. The van der Waals surface area contributed by atoms with Crippen LogP contribution >= 0.6 is 11.6 Å². The second kappa shape index (κ2) is 11.4. The van der Waals surface area contributed by atoms with Crippen LogP contribution in [0.25, 0.3) is 11.4 Å². The number of aromatic nitrogens is 2. The van der Waals surface area contributed by atoms with Gasteiger partial charge in [0.25, 0.3) is 5.91 Å². The molecule has 0 bridgehead atoms. The summed E-state index contributed by atoms with van der Waals surface area (Å²) in [7, 11) is 0. The lowest BCUT2D eigenvalue weighted by molar-refractivity contribution is -0.136. The van der Waals surface area contributed by atoms with Gasteiger partial charge in [-0.15, -0.1) is 0 Å². The van der Waals surface area contributed by atoms with Gasteiger partial charge in [-0.1, -0.05) is 48.3 Å². The number of likely N-dealkylation sites (tertiary alicyclic amines) is 1. The molecular formula is C26H28ClFN4O3. The molecule has 0 N–H and O–H groups in total. The van der Waals surface area contributed by atoms with E-state index in [-0.39, 0.29) is 30.0 Å². The van der Waals surface area contributed by atoms with Crippen LogP contribution in [0.3, 0.4) is 0 Å². The Morgan fingerprint density at radius 1 is 1.20 bits per heavy atom. The zero-order chi connectivity index (χ0) is 24.8. The van der Waals surface area contributed by atoms with Crippen LogP contribution in [0.5, 0.6) is 0 Å². The maximum atomic E-state index is 13.7. The molecular weight excluding hydrogens is 471 g/mol. The molecule has 1 atom stereocenters. The highest BCUT2D eigenvalue weighted by atomic mass is 35.5. The first-order valence-corrected chi connectivity index (χ1v) is 12.3. The molecule has 3 aromatic rings. The maximum Gasteiger partial charge on any atom is 0.254 e. The fourth-order valence-electron chi connectivity index (χ4n) is 4.26. The minimum atomic E-state index is -0.486. The molecule has 1 unspecified atom stereocenters. The van der Waals surface area contributed by atoms with Crippen molar-refractivity contribution >= 4 is 23.4 Å². The molecule has 1 aliphatic heterocycles. The Hall–Kier alpha value is -3.26. The highest BCUT2D eigenvalue weighted by molar-refractivity contribution is 6.30. The number of unbranched alkanes of at least 4 members (excludes halogenated alkanes) is 1. The van der Waals surface area contributed by atoms with Crippen LogP contribution in [-0.2, 0) is 4.79 Å². The number of halogens is 2. The van der Waals surface area contributed by atoms with Crippen LogP contribution in [0.4, 0.5) is 4.39 Å². The van der Waals surface area contributed by atoms with E-state index in [9.17, 15) is 14.0 Å². The lowest BCUT2D eigenvalue weighted by Gasteiger charge is -2.35. The van der Waals surface area contributed by atoms with Gasteiger partial charge in [0.05, 0.1) is 0 Å². The molecule has 1 aliphatic rings. The summed E-state index contributed by atoms with van der Waals surface area (Å²) < 4.78 is 19.3. The summed E-state index contributed by atoms with van der Waals surface area (Å²) in [5.74, 6) is -0.268. The topological polar surface area (TPSA) is 79.5 Å². The van der Waals surface area contributed by atoms with E-state index in [1.807, 2.05) is 19.1 Å². The fourth-order valence-corrected chi connectivity index (χ4v) is 4.45. The number of piperidine rings is 1. The molecule has 7 nitrogen and oxygen atoms in total. The molecule has 9 heteroatoms. The van der Waals surface area contributed by atoms with Crippen molar-refractivity contribution in [3.05, 3.63) is 70.8 Å². The molecule has 2 heterocycles. The van der Waals surface area contributed by atoms with Gasteiger partial charge in [-0.3, -0.25) is 9.59 Å². The normalized spacial score (nSPS) is 15.7. The van der Waals surface area contributed by atoms with E-state index < -0.39 is 5.82 Å². The van der Waals surface area contributed by atoms with Gasteiger partial charge in [0, 0.05) is 29.2 Å². The summed E-state index contributed by atoms with van der Waals surface area (Å²) >= 11 is 6.09. The van der Waals surface area contributed by atoms with Crippen molar-refractivity contribution in [1.82, 2.24) is 19.9 Å². The predicted octanol–water partition coefficient (Wildman–Crippen LogP) is 5.53. The molecule has 1 saturated heterocycles. The van der Waals surface area contributed by atoms with E-state index in [2.05, 4.69) is 10.1 Å². The lowest BCUT2D eigenvalue weighted by Crippen LogP contribution is -2.46. The molecule has 0 aliphatic carbocycles. The van der Waals surface area contributed by atoms with Crippen molar-refractivity contribution in [2.24, 2.45) is 0 Å². The van der Waals surface area contributed by atoms with Crippen LogP contribution in [0, 0.1) is 5.82 Å². The van der Waals surface area contributed by atoms with E-state index in [1.54, 1.807) is 23.1 Å². The lowest BCUT2D eigenvalue weighted by atomic mass is 10.0. The van der Waals surface area contributed by atoms with E-state index >= 15 is 0 Å². The first kappa shape index (κ1) is 24.9. The minimum Gasteiger partial charge on any atom is -0.337 e. The van der Waals surface area contributed by atoms with E-state index in [0.717, 1.165) is 31.2 Å². The second-order valence-corrected chi connectivity index (χ2v) is 9.09. The Balaban J connectivity index is 1.52. The Bertz CT molecular complexity index is 1180. The summed E-state index contributed by atoms with van der Waals surface area (Å²) in [5, 5.41) is 4.66. The van der Waals surface area contributed by atoms with Gasteiger partial charge in [0.2, 0.25) is 17.6 Å². The molecule has 184 valence electrons. The zero-order valence-electron chi connectivity index (χ0n) is 19.6. The van der Waals surface area contributed by atoms with Gasteiger partial charge in [-0.05, 0) is 56.0 Å². The number of benzene rings is 2. The summed E-state index contributed by atoms with van der Waals surface area (Å²) in [6.45, 7) is 2.87. The highest BCUT2D eigenvalue weighted by Gasteiger charge is 2.33. The van der Waals surface area contributed by atoms with Crippen molar-refractivity contribution in [3.8, 4) is 11.4 Å². The van der Waals surface area contributed by atoms with Gasteiger partial charge in [0.15, 0.2) is 0 Å². The van der Waals surface area contributed by atoms with E-state index in [0.29, 0.717) is 36.2 Å². The molecule has 35 heavy (non-hydrogen) atoms.